The van der Waals surface area contributed by atoms with Crippen molar-refractivity contribution in [3.05, 3.63) is 17.8 Å². The number of carboxylic acids is 1. The third kappa shape index (κ3) is 2.29. The van der Waals surface area contributed by atoms with E-state index >= 15 is 0 Å². The molecule has 0 saturated heterocycles. The second kappa shape index (κ2) is 4.47. The Morgan fingerprint density at radius 3 is 2.69 bits per heavy atom. The molecule has 0 spiro atoms. The van der Waals surface area contributed by atoms with Crippen molar-refractivity contribution in [3.63, 3.8) is 0 Å². The number of hydrogen-bond acceptors (Lipinski definition) is 4. The molecule has 5 nitrogen and oxygen atoms in total. The first-order valence-corrected chi connectivity index (χ1v) is 5.50. The molecule has 1 fully saturated rings. The second-order valence-electron chi connectivity index (χ2n) is 4.18. The molecule has 16 heavy (non-hydrogen) atoms. The van der Waals surface area contributed by atoms with E-state index in [9.17, 15) is 4.79 Å². The largest absolute Gasteiger partial charge is 0.480 e. The van der Waals surface area contributed by atoms with Crippen LogP contribution in [-0.4, -0.2) is 27.3 Å². The van der Waals surface area contributed by atoms with E-state index in [1.54, 1.807) is 13.0 Å². The third-order valence-electron chi connectivity index (χ3n) is 2.94. The lowest BCUT2D eigenvalue weighted by Crippen LogP contribution is -2.26. The molecule has 1 saturated carbocycles. The lowest BCUT2D eigenvalue weighted by atomic mass is 9.83. The van der Waals surface area contributed by atoms with Gasteiger partial charge in [0.15, 0.2) is 0 Å². The minimum Gasteiger partial charge on any atom is -0.480 e. The van der Waals surface area contributed by atoms with Gasteiger partial charge < -0.3 is 10.4 Å². The van der Waals surface area contributed by atoms with Gasteiger partial charge in [-0.25, -0.2) is 0 Å². The number of hydrogen-bond donors (Lipinski definition) is 2. The Labute approximate surface area is 93.9 Å². The first kappa shape index (κ1) is 10.9. The summed E-state index contributed by atoms with van der Waals surface area (Å²) in [5.41, 5.74) is 1.01. The highest BCUT2D eigenvalue weighted by molar-refractivity contribution is 5.76. The third-order valence-corrected chi connectivity index (χ3v) is 2.94. The summed E-state index contributed by atoms with van der Waals surface area (Å²) in [6.45, 7) is 1.57. The van der Waals surface area contributed by atoms with Crippen molar-refractivity contribution in [2.24, 2.45) is 0 Å². The lowest BCUT2D eigenvalue weighted by Gasteiger charge is -2.24. The van der Waals surface area contributed by atoms with Gasteiger partial charge in [0.2, 0.25) is 0 Å². The Balaban J connectivity index is 1.98. The van der Waals surface area contributed by atoms with Crippen LogP contribution in [0.15, 0.2) is 12.1 Å². The van der Waals surface area contributed by atoms with Crippen molar-refractivity contribution in [1.82, 2.24) is 10.2 Å². The van der Waals surface area contributed by atoms with Gasteiger partial charge in [0.05, 0.1) is 5.69 Å². The number of nitrogens with zero attached hydrogens (tertiary/aromatic N) is 2. The highest BCUT2D eigenvalue weighted by Crippen LogP contribution is 2.34. The van der Waals surface area contributed by atoms with Gasteiger partial charge in [0.25, 0.3) is 0 Å². The van der Waals surface area contributed by atoms with E-state index in [2.05, 4.69) is 15.5 Å². The predicted molar refractivity (Wildman–Crippen MR) is 59.3 cm³/mol. The van der Waals surface area contributed by atoms with Crippen molar-refractivity contribution >= 4 is 11.8 Å². The number of anilines is 1. The molecule has 1 aliphatic rings. The fourth-order valence-electron chi connectivity index (χ4n) is 1.62. The maximum Gasteiger partial charge on any atom is 0.325 e. The van der Waals surface area contributed by atoms with Crippen molar-refractivity contribution in [2.45, 2.75) is 38.1 Å². The molecule has 1 unspecified atom stereocenters. The van der Waals surface area contributed by atoms with E-state index in [-0.39, 0.29) is 0 Å². The molecule has 1 aliphatic carbocycles. The number of nitrogens with one attached hydrogen (secondary N) is 1. The van der Waals surface area contributed by atoms with E-state index in [0.717, 1.165) is 5.69 Å². The minimum absolute atomic E-state index is 0.512. The van der Waals surface area contributed by atoms with Gasteiger partial charge in [0.1, 0.15) is 11.9 Å². The van der Waals surface area contributed by atoms with Crippen molar-refractivity contribution < 1.29 is 9.90 Å². The van der Waals surface area contributed by atoms with Gasteiger partial charge in [-0.15, -0.1) is 5.10 Å². The number of aliphatic carboxylic acids is 1. The number of rotatable bonds is 4. The van der Waals surface area contributed by atoms with Gasteiger partial charge in [-0.3, -0.25) is 4.79 Å². The molecule has 0 bridgehead atoms. The molecule has 1 aromatic rings. The molecule has 0 aromatic carbocycles. The molecule has 86 valence electrons. The zero-order valence-corrected chi connectivity index (χ0v) is 9.18. The summed E-state index contributed by atoms with van der Waals surface area (Å²) in [6, 6.07) is 3.07. The van der Waals surface area contributed by atoms with Crippen LogP contribution in [0.3, 0.4) is 0 Å². The monoisotopic (exact) mass is 221 g/mol. The zero-order valence-electron chi connectivity index (χ0n) is 9.18. The summed E-state index contributed by atoms with van der Waals surface area (Å²) < 4.78 is 0. The summed E-state index contributed by atoms with van der Waals surface area (Å²) in [7, 11) is 0. The van der Waals surface area contributed by atoms with E-state index < -0.39 is 12.0 Å². The molecular formula is C11H15N3O2. The van der Waals surface area contributed by atoms with Crippen LogP contribution in [-0.2, 0) is 4.79 Å². The molecule has 0 aliphatic heterocycles. The van der Waals surface area contributed by atoms with E-state index in [0.29, 0.717) is 11.7 Å². The Morgan fingerprint density at radius 2 is 2.25 bits per heavy atom. The van der Waals surface area contributed by atoms with Crippen LogP contribution in [0.25, 0.3) is 0 Å². The minimum atomic E-state index is -0.898. The fraction of sp³-hybridized carbons (Fsp3) is 0.545. The highest BCUT2D eigenvalue weighted by atomic mass is 16.4. The Kier molecular flexibility index (Phi) is 3.03. The van der Waals surface area contributed by atoms with E-state index in [1.165, 1.54) is 19.3 Å². The van der Waals surface area contributed by atoms with Crippen molar-refractivity contribution in [1.29, 1.82) is 0 Å². The van der Waals surface area contributed by atoms with E-state index in [1.807, 2.05) is 6.07 Å². The van der Waals surface area contributed by atoms with Crippen LogP contribution < -0.4 is 5.32 Å². The highest BCUT2D eigenvalue weighted by Gasteiger charge is 2.21. The first-order valence-electron chi connectivity index (χ1n) is 5.50. The van der Waals surface area contributed by atoms with Crippen LogP contribution in [0.4, 0.5) is 5.82 Å². The average Bonchev–Trinajstić information content (AvgIpc) is 2.18. The van der Waals surface area contributed by atoms with Crippen LogP contribution >= 0.6 is 0 Å². The molecular weight excluding hydrogens is 206 g/mol. The molecule has 2 N–H and O–H groups in total. The van der Waals surface area contributed by atoms with E-state index in [4.69, 9.17) is 5.11 Å². The number of carboxylic acid groups (broad SMARTS) is 1. The SMILES string of the molecule is CC(Nc1ccc(C2CCC2)nn1)C(=O)O. The lowest BCUT2D eigenvalue weighted by molar-refractivity contribution is -0.137. The zero-order chi connectivity index (χ0) is 11.5. The maximum atomic E-state index is 10.6. The van der Waals surface area contributed by atoms with Crippen LogP contribution in [0.2, 0.25) is 0 Å². The molecule has 1 atom stereocenters. The van der Waals surface area contributed by atoms with Gasteiger partial charge in [-0.1, -0.05) is 6.42 Å². The standard InChI is InChI=1S/C11H15N3O2/c1-7(11(15)16)12-10-6-5-9(13-14-10)8-3-2-4-8/h5-8H,2-4H2,1H3,(H,12,14)(H,15,16). The molecule has 0 amide bonds. The molecule has 1 aromatic heterocycles. The maximum absolute atomic E-state index is 10.6. The number of aromatic nitrogens is 2. The van der Waals surface area contributed by atoms with Crippen molar-refractivity contribution in [2.75, 3.05) is 5.32 Å². The van der Waals surface area contributed by atoms with Gasteiger partial charge >= 0.3 is 5.97 Å². The molecule has 1 heterocycles. The fourth-order valence-corrected chi connectivity index (χ4v) is 1.62. The summed E-state index contributed by atoms with van der Waals surface area (Å²) in [4.78, 5) is 10.6. The quantitative estimate of drug-likeness (QED) is 0.808. The Hall–Kier alpha value is -1.65. The van der Waals surface area contributed by atoms with Crippen LogP contribution in [0.1, 0.15) is 37.8 Å². The average molecular weight is 221 g/mol. The predicted octanol–water partition coefficient (Wildman–Crippen LogP) is 1.63. The molecule has 2 rings (SSSR count). The first-order chi connectivity index (χ1) is 7.66. The van der Waals surface area contributed by atoms with Crippen LogP contribution in [0.5, 0.6) is 0 Å². The molecule has 0 radical (unpaired) electrons. The van der Waals surface area contributed by atoms with Crippen molar-refractivity contribution in [3.8, 4) is 0 Å². The summed E-state index contributed by atoms with van der Waals surface area (Å²) in [5.74, 6) is 0.168. The molecule has 5 heteroatoms. The van der Waals surface area contributed by atoms with Crippen LogP contribution in [0, 0.1) is 0 Å². The Bertz CT molecular complexity index is 373. The second-order valence-corrected chi connectivity index (χ2v) is 4.18. The van der Waals surface area contributed by atoms with Gasteiger partial charge in [-0.2, -0.15) is 5.10 Å². The van der Waals surface area contributed by atoms with Gasteiger partial charge in [0, 0.05) is 5.92 Å². The summed E-state index contributed by atoms with van der Waals surface area (Å²) in [6.07, 6.45) is 3.64. The Morgan fingerprint density at radius 1 is 1.50 bits per heavy atom. The van der Waals surface area contributed by atoms with Gasteiger partial charge in [-0.05, 0) is 31.9 Å². The summed E-state index contributed by atoms with van der Waals surface area (Å²) in [5, 5.41) is 19.6. The summed E-state index contributed by atoms with van der Waals surface area (Å²) >= 11 is 0. The normalized spacial score (nSPS) is 17.6. The smallest absolute Gasteiger partial charge is 0.325 e. The number of carbonyl (C=O) groups is 1. The topological polar surface area (TPSA) is 75.1 Å².